The molecule has 1 aromatic carbocycles. The van der Waals surface area contributed by atoms with Crippen LogP contribution in [0.2, 0.25) is 0 Å². The molecule has 0 saturated heterocycles. The minimum Gasteiger partial charge on any atom is -0.497 e. The number of methoxy groups -OCH3 is 1. The first-order valence-corrected chi connectivity index (χ1v) is 7.85. The van der Waals surface area contributed by atoms with Crippen LogP contribution in [0.4, 0.5) is 0 Å². The molecular formula is C17H28N2O3. The van der Waals surface area contributed by atoms with Crippen LogP contribution in [-0.2, 0) is 4.79 Å². The minimum atomic E-state index is -0.296. The Balaban J connectivity index is 2.19. The van der Waals surface area contributed by atoms with Crippen LogP contribution in [0.1, 0.15) is 39.5 Å². The predicted octanol–water partition coefficient (Wildman–Crippen LogP) is 2.49. The fraction of sp³-hybridized carbons (Fsp3) is 0.588. The number of nitrogens with one attached hydrogen (secondary N) is 1. The normalized spacial score (nSPS) is 11.1. The lowest BCUT2D eigenvalue weighted by molar-refractivity contribution is -0.121. The lowest BCUT2D eigenvalue weighted by Gasteiger charge is -2.26. The van der Waals surface area contributed by atoms with Crippen LogP contribution in [0.15, 0.2) is 24.3 Å². The summed E-state index contributed by atoms with van der Waals surface area (Å²) in [6.07, 6.45) is 2.82. The monoisotopic (exact) mass is 308 g/mol. The molecule has 0 unspecified atom stereocenters. The molecule has 1 rings (SSSR count). The molecule has 3 N–H and O–H groups in total. The first kappa shape index (κ1) is 18.3. The second-order valence-corrected chi connectivity index (χ2v) is 5.47. The number of carbonyl (C=O) groups excluding carboxylic acids is 1. The smallest absolute Gasteiger partial charge is 0.220 e. The van der Waals surface area contributed by atoms with Gasteiger partial charge in [-0.2, -0.15) is 0 Å². The number of nitrogens with two attached hydrogens (primary N) is 1. The standard InChI is InChI=1S/C17H28N2O3/c1-4-17(18,5-2)13-19-16(20)7-6-12-22-15-10-8-14(21-3)9-11-15/h8-11H,4-7,12-13,18H2,1-3H3,(H,19,20). The Morgan fingerprint density at radius 3 is 2.32 bits per heavy atom. The minimum absolute atomic E-state index is 0.0232. The van der Waals surface area contributed by atoms with Gasteiger partial charge in [-0.3, -0.25) is 4.79 Å². The average Bonchev–Trinajstić information content (AvgIpc) is 2.57. The first-order chi connectivity index (χ1) is 10.5. The van der Waals surface area contributed by atoms with Gasteiger partial charge >= 0.3 is 0 Å². The lowest BCUT2D eigenvalue weighted by atomic mass is 9.94. The molecule has 1 amide bonds. The van der Waals surface area contributed by atoms with Crippen molar-refractivity contribution in [3.63, 3.8) is 0 Å². The predicted molar refractivity (Wildman–Crippen MR) is 88.2 cm³/mol. The molecule has 0 saturated carbocycles. The van der Waals surface area contributed by atoms with Crippen molar-refractivity contribution in [3.8, 4) is 11.5 Å². The van der Waals surface area contributed by atoms with Gasteiger partial charge in [0.2, 0.25) is 5.91 Å². The van der Waals surface area contributed by atoms with E-state index in [1.807, 2.05) is 38.1 Å². The highest BCUT2D eigenvalue weighted by atomic mass is 16.5. The van der Waals surface area contributed by atoms with Gasteiger partial charge in [0, 0.05) is 18.5 Å². The Morgan fingerprint density at radius 2 is 1.77 bits per heavy atom. The number of benzene rings is 1. The summed E-state index contributed by atoms with van der Waals surface area (Å²) in [4.78, 5) is 11.8. The molecule has 5 heteroatoms. The summed E-state index contributed by atoms with van der Waals surface area (Å²) in [6.45, 7) is 5.12. The summed E-state index contributed by atoms with van der Waals surface area (Å²) >= 11 is 0. The van der Waals surface area contributed by atoms with Crippen LogP contribution in [0.5, 0.6) is 11.5 Å². The van der Waals surface area contributed by atoms with E-state index in [9.17, 15) is 4.79 Å². The molecular weight excluding hydrogens is 280 g/mol. The van der Waals surface area contributed by atoms with Crippen molar-refractivity contribution in [2.24, 2.45) is 5.73 Å². The summed E-state index contributed by atoms with van der Waals surface area (Å²) in [5.74, 6) is 1.60. The molecule has 0 radical (unpaired) electrons. The van der Waals surface area contributed by atoms with Crippen molar-refractivity contribution >= 4 is 5.91 Å². The van der Waals surface area contributed by atoms with E-state index in [4.69, 9.17) is 15.2 Å². The summed E-state index contributed by atoms with van der Waals surface area (Å²) in [5.41, 5.74) is 5.85. The van der Waals surface area contributed by atoms with Gasteiger partial charge in [-0.25, -0.2) is 0 Å². The maximum Gasteiger partial charge on any atom is 0.220 e. The van der Waals surface area contributed by atoms with Gasteiger partial charge in [-0.1, -0.05) is 13.8 Å². The van der Waals surface area contributed by atoms with E-state index in [2.05, 4.69) is 5.32 Å². The molecule has 0 spiro atoms. The van der Waals surface area contributed by atoms with Gasteiger partial charge in [0.25, 0.3) is 0 Å². The lowest BCUT2D eigenvalue weighted by Crippen LogP contribution is -2.49. The number of hydrogen-bond donors (Lipinski definition) is 2. The van der Waals surface area contributed by atoms with E-state index in [0.29, 0.717) is 26.0 Å². The van der Waals surface area contributed by atoms with Gasteiger partial charge in [0.15, 0.2) is 0 Å². The third-order valence-corrected chi connectivity index (χ3v) is 3.92. The molecule has 22 heavy (non-hydrogen) atoms. The van der Waals surface area contributed by atoms with Crippen molar-refractivity contribution < 1.29 is 14.3 Å². The number of ether oxygens (including phenoxy) is 2. The number of carbonyl (C=O) groups is 1. The number of amides is 1. The molecule has 124 valence electrons. The topological polar surface area (TPSA) is 73.6 Å². The van der Waals surface area contributed by atoms with Gasteiger partial charge < -0.3 is 20.5 Å². The maximum absolute atomic E-state index is 11.8. The SMILES string of the molecule is CCC(N)(CC)CNC(=O)CCCOc1ccc(OC)cc1. The van der Waals surface area contributed by atoms with Crippen molar-refractivity contribution in [2.75, 3.05) is 20.3 Å². The summed E-state index contributed by atoms with van der Waals surface area (Å²) in [5, 5.41) is 2.90. The van der Waals surface area contributed by atoms with Crippen molar-refractivity contribution in [2.45, 2.75) is 45.1 Å². The highest BCUT2D eigenvalue weighted by Gasteiger charge is 2.20. The summed E-state index contributed by atoms with van der Waals surface area (Å²) in [7, 11) is 1.63. The molecule has 0 aliphatic carbocycles. The maximum atomic E-state index is 11.8. The summed E-state index contributed by atoms with van der Waals surface area (Å²) in [6, 6.07) is 7.39. The molecule has 0 bridgehead atoms. The third kappa shape index (κ3) is 6.35. The zero-order chi connectivity index (χ0) is 16.4. The van der Waals surface area contributed by atoms with Crippen molar-refractivity contribution in [1.82, 2.24) is 5.32 Å². The first-order valence-electron chi connectivity index (χ1n) is 7.85. The number of hydrogen-bond acceptors (Lipinski definition) is 4. The van der Waals surface area contributed by atoms with E-state index < -0.39 is 0 Å². The Labute approximate surface area is 133 Å². The van der Waals surface area contributed by atoms with Gasteiger partial charge in [0.05, 0.1) is 13.7 Å². The Bertz CT molecular complexity index is 442. The van der Waals surface area contributed by atoms with Gasteiger partial charge in [-0.15, -0.1) is 0 Å². The zero-order valence-corrected chi connectivity index (χ0v) is 13.9. The molecule has 0 aromatic heterocycles. The molecule has 0 heterocycles. The largest absolute Gasteiger partial charge is 0.497 e. The van der Waals surface area contributed by atoms with Crippen LogP contribution in [-0.4, -0.2) is 31.7 Å². The molecule has 1 aromatic rings. The second kappa shape index (κ2) is 9.30. The molecule has 0 fully saturated rings. The van der Waals surface area contributed by atoms with Crippen LogP contribution >= 0.6 is 0 Å². The van der Waals surface area contributed by atoms with Crippen LogP contribution < -0.4 is 20.5 Å². The van der Waals surface area contributed by atoms with E-state index in [1.54, 1.807) is 7.11 Å². The second-order valence-electron chi connectivity index (χ2n) is 5.47. The van der Waals surface area contributed by atoms with Gasteiger partial charge in [-0.05, 0) is 43.5 Å². The number of rotatable bonds is 10. The average molecular weight is 308 g/mol. The highest BCUT2D eigenvalue weighted by Crippen LogP contribution is 2.17. The fourth-order valence-corrected chi connectivity index (χ4v) is 1.96. The Kier molecular flexibility index (Phi) is 7.74. The zero-order valence-electron chi connectivity index (χ0n) is 13.9. The van der Waals surface area contributed by atoms with E-state index in [-0.39, 0.29) is 11.4 Å². The Morgan fingerprint density at radius 1 is 1.18 bits per heavy atom. The summed E-state index contributed by atoms with van der Waals surface area (Å²) < 4.78 is 10.7. The van der Waals surface area contributed by atoms with Crippen LogP contribution in [0, 0.1) is 0 Å². The molecule has 5 nitrogen and oxygen atoms in total. The quantitative estimate of drug-likeness (QED) is 0.651. The fourth-order valence-electron chi connectivity index (χ4n) is 1.96. The van der Waals surface area contributed by atoms with E-state index in [1.165, 1.54) is 0 Å². The Hall–Kier alpha value is -1.75. The highest BCUT2D eigenvalue weighted by molar-refractivity contribution is 5.75. The van der Waals surface area contributed by atoms with E-state index in [0.717, 1.165) is 24.3 Å². The van der Waals surface area contributed by atoms with E-state index >= 15 is 0 Å². The molecule has 0 atom stereocenters. The van der Waals surface area contributed by atoms with Crippen LogP contribution in [0.25, 0.3) is 0 Å². The third-order valence-electron chi connectivity index (χ3n) is 3.92. The van der Waals surface area contributed by atoms with Crippen LogP contribution in [0.3, 0.4) is 0 Å². The van der Waals surface area contributed by atoms with Crippen molar-refractivity contribution in [1.29, 1.82) is 0 Å². The molecule has 0 aliphatic rings. The van der Waals surface area contributed by atoms with Crippen molar-refractivity contribution in [3.05, 3.63) is 24.3 Å². The van der Waals surface area contributed by atoms with Gasteiger partial charge in [0.1, 0.15) is 11.5 Å². The molecule has 0 aliphatic heterocycles.